The van der Waals surface area contributed by atoms with Gasteiger partial charge in [-0.25, -0.2) is 9.59 Å². The van der Waals surface area contributed by atoms with Crippen LogP contribution in [0.4, 0.5) is 4.79 Å². The van der Waals surface area contributed by atoms with E-state index in [-0.39, 0.29) is 12.1 Å². The predicted octanol–water partition coefficient (Wildman–Crippen LogP) is 3.03. The van der Waals surface area contributed by atoms with Gasteiger partial charge >= 0.3 is 12.1 Å². The number of carbonyl (C=O) groups excluding carboxylic acids is 2. The Morgan fingerprint density at radius 2 is 1.96 bits per heavy atom. The van der Waals surface area contributed by atoms with Gasteiger partial charge < -0.3 is 14.4 Å². The minimum Gasteiger partial charge on any atom is -0.462 e. The van der Waals surface area contributed by atoms with E-state index in [0.29, 0.717) is 30.8 Å². The van der Waals surface area contributed by atoms with Gasteiger partial charge in [0.25, 0.3) is 0 Å². The summed E-state index contributed by atoms with van der Waals surface area (Å²) in [5.74, 6) is -0.429. The second-order valence-electron chi connectivity index (χ2n) is 7.11. The highest BCUT2D eigenvalue weighted by Gasteiger charge is 2.28. The number of piperidine rings is 1. The maximum absolute atomic E-state index is 12.1. The summed E-state index contributed by atoms with van der Waals surface area (Å²) in [5.41, 5.74) is 0.477. The summed E-state index contributed by atoms with van der Waals surface area (Å²) in [7, 11) is 0. The summed E-state index contributed by atoms with van der Waals surface area (Å²) >= 11 is 0. The van der Waals surface area contributed by atoms with Gasteiger partial charge in [-0.05, 0) is 40.5 Å². The minimum absolute atomic E-state index is 0.183. The topological polar surface area (TPSA) is 73.7 Å². The SMILES string of the molecule is C=C(C(=O)OCC)c1cnn(C2CCN(C(=O)OC(C)(C)C)CC2)c1. The van der Waals surface area contributed by atoms with Crippen molar-refractivity contribution in [1.82, 2.24) is 14.7 Å². The smallest absolute Gasteiger partial charge is 0.410 e. The molecule has 0 atom stereocenters. The maximum Gasteiger partial charge on any atom is 0.410 e. The largest absolute Gasteiger partial charge is 0.462 e. The molecule has 1 aliphatic rings. The zero-order valence-corrected chi connectivity index (χ0v) is 15.4. The Hall–Kier alpha value is -2.31. The fourth-order valence-electron chi connectivity index (χ4n) is 2.67. The number of ether oxygens (including phenoxy) is 2. The van der Waals surface area contributed by atoms with E-state index in [9.17, 15) is 9.59 Å². The second kappa shape index (κ2) is 7.72. The van der Waals surface area contributed by atoms with E-state index in [1.807, 2.05) is 31.6 Å². The van der Waals surface area contributed by atoms with Gasteiger partial charge in [0.05, 0.1) is 24.4 Å². The van der Waals surface area contributed by atoms with Crippen molar-refractivity contribution in [2.24, 2.45) is 0 Å². The fraction of sp³-hybridized carbons (Fsp3) is 0.611. The molecule has 138 valence electrons. The third kappa shape index (κ3) is 5.08. The maximum atomic E-state index is 12.1. The van der Waals surface area contributed by atoms with Crippen LogP contribution in [0.15, 0.2) is 19.0 Å². The van der Waals surface area contributed by atoms with Crippen molar-refractivity contribution < 1.29 is 19.1 Å². The first-order valence-corrected chi connectivity index (χ1v) is 8.59. The molecule has 0 unspecified atom stereocenters. The summed E-state index contributed by atoms with van der Waals surface area (Å²) in [6.45, 7) is 12.7. The molecule has 0 spiro atoms. The van der Waals surface area contributed by atoms with Gasteiger partial charge in [0.15, 0.2) is 0 Å². The number of hydrogen-bond donors (Lipinski definition) is 0. The molecule has 0 aliphatic carbocycles. The molecule has 0 aromatic carbocycles. The minimum atomic E-state index is -0.488. The summed E-state index contributed by atoms with van der Waals surface area (Å²) < 4.78 is 12.2. The van der Waals surface area contributed by atoms with Crippen molar-refractivity contribution in [1.29, 1.82) is 0 Å². The average Bonchev–Trinajstić information content (AvgIpc) is 3.03. The number of aromatic nitrogens is 2. The van der Waals surface area contributed by atoms with Gasteiger partial charge in [-0.15, -0.1) is 0 Å². The van der Waals surface area contributed by atoms with Crippen LogP contribution in [0.25, 0.3) is 5.57 Å². The van der Waals surface area contributed by atoms with Crippen LogP contribution >= 0.6 is 0 Å². The number of hydrogen-bond acceptors (Lipinski definition) is 5. The lowest BCUT2D eigenvalue weighted by Crippen LogP contribution is -2.42. The van der Waals surface area contributed by atoms with Gasteiger partial charge in [0, 0.05) is 24.8 Å². The summed E-state index contributed by atoms with van der Waals surface area (Å²) in [4.78, 5) is 25.6. The molecule has 1 fully saturated rings. The standard InChI is InChI=1S/C18H27N3O4/c1-6-24-16(22)13(2)14-11-19-21(12-14)15-7-9-20(10-8-15)17(23)25-18(3,4)5/h11-12,15H,2,6-10H2,1,3-5H3. The van der Waals surface area contributed by atoms with E-state index in [2.05, 4.69) is 11.7 Å². The molecule has 0 radical (unpaired) electrons. The highest BCUT2D eigenvalue weighted by molar-refractivity contribution is 6.15. The molecule has 1 aliphatic heterocycles. The quantitative estimate of drug-likeness (QED) is 0.617. The van der Waals surface area contributed by atoms with Crippen molar-refractivity contribution in [3.63, 3.8) is 0 Å². The lowest BCUT2D eigenvalue weighted by Gasteiger charge is -2.33. The molecule has 2 rings (SSSR count). The molecular weight excluding hydrogens is 322 g/mol. The molecule has 0 bridgehead atoms. The molecule has 25 heavy (non-hydrogen) atoms. The zero-order chi connectivity index (χ0) is 18.6. The number of nitrogens with zero attached hydrogens (tertiary/aromatic N) is 3. The Kier molecular flexibility index (Phi) is 5.87. The summed E-state index contributed by atoms with van der Waals surface area (Å²) in [5, 5.41) is 4.35. The van der Waals surface area contributed by atoms with Gasteiger partial charge in [0.1, 0.15) is 5.60 Å². The third-order valence-corrected chi connectivity index (χ3v) is 3.96. The predicted molar refractivity (Wildman–Crippen MR) is 94.0 cm³/mol. The number of rotatable bonds is 4. The molecule has 7 nitrogen and oxygen atoms in total. The molecule has 1 aromatic heterocycles. The van der Waals surface area contributed by atoms with Crippen molar-refractivity contribution in [2.75, 3.05) is 19.7 Å². The monoisotopic (exact) mass is 349 g/mol. The highest BCUT2D eigenvalue weighted by Crippen LogP contribution is 2.25. The molecule has 1 amide bonds. The van der Waals surface area contributed by atoms with Crippen LogP contribution in [0.5, 0.6) is 0 Å². The summed E-state index contributed by atoms with van der Waals surface area (Å²) in [6, 6.07) is 0.183. The normalized spacial score (nSPS) is 15.8. The van der Waals surface area contributed by atoms with Crippen LogP contribution in [0.3, 0.4) is 0 Å². The molecular formula is C18H27N3O4. The Morgan fingerprint density at radius 1 is 1.32 bits per heavy atom. The molecule has 1 aromatic rings. The van der Waals surface area contributed by atoms with Crippen LogP contribution in [0.1, 0.15) is 52.1 Å². The first kappa shape index (κ1) is 19.0. The zero-order valence-electron chi connectivity index (χ0n) is 15.4. The van der Waals surface area contributed by atoms with E-state index in [1.54, 1.807) is 18.0 Å². The van der Waals surface area contributed by atoms with E-state index in [0.717, 1.165) is 12.8 Å². The van der Waals surface area contributed by atoms with Crippen LogP contribution in [-0.4, -0.2) is 52.0 Å². The Bertz CT molecular complexity index is 637. The number of carbonyl (C=O) groups is 2. The third-order valence-electron chi connectivity index (χ3n) is 3.96. The van der Waals surface area contributed by atoms with Gasteiger partial charge in [0.2, 0.25) is 0 Å². The molecule has 1 saturated heterocycles. The van der Waals surface area contributed by atoms with Gasteiger partial charge in [-0.3, -0.25) is 4.68 Å². The first-order chi connectivity index (χ1) is 11.7. The van der Waals surface area contributed by atoms with E-state index < -0.39 is 11.6 Å². The molecule has 7 heteroatoms. The van der Waals surface area contributed by atoms with Gasteiger partial charge in [-0.2, -0.15) is 5.10 Å². The lowest BCUT2D eigenvalue weighted by atomic mass is 10.1. The Labute approximate surface area is 148 Å². The number of likely N-dealkylation sites (tertiary alicyclic amines) is 1. The first-order valence-electron chi connectivity index (χ1n) is 8.59. The number of amides is 1. The van der Waals surface area contributed by atoms with Crippen molar-refractivity contribution in [3.8, 4) is 0 Å². The lowest BCUT2D eigenvalue weighted by molar-refractivity contribution is -0.136. The number of esters is 1. The van der Waals surface area contributed by atoms with Crippen LogP contribution in [0.2, 0.25) is 0 Å². The highest BCUT2D eigenvalue weighted by atomic mass is 16.6. The van der Waals surface area contributed by atoms with Crippen LogP contribution in [0, 0.1) is 0 Å². The van der Waals surface area contributed by atoms with Crippen molar-refractivity contribution in [3.05, 3.63) is 24.5 Å². The van der Waals surface area contributed by atoms with E-state index >= 15 is 0 Å². The van der Waals surface area contributed by atoms with E-state index in [1.165, 1.54) is 0 Å². The van der Waals surface area contributed by atoms with Crippen molar-refractivity contribution >= 4 is 17.6 Å². The fourth-order valence-corrected chi connectivity index (χ4v) is 2.67. The summed E-state index contributed by atoms with van der Waals surface area (Å²) in [6.07, 6.45) is 4.73. The van der Waals surface area contributed by atoms with Gasteiger partial charge in [-0.1, -0.05) is 6.58 Å². The average molecular weight is 349 g/mol. The molecule has 2 heterocycles. The Morgan fingerprint density at radius 3 is 2.52 bits per heavy atom. The van der Waals surface area contributed by atoms with Crippen LogP contribution < -0.4 is 0 Å². The Balaban J connectivity index is 1.92. The van der Waals surface area contributed by atoms with Crippen molar-refractivity contribution in [2.45, 2.75) is 52.2 Å². The van der Waals surface area contributed by atoms with Crippen LogP contribution in [-0.2, 0) is 14.3 Å². The second-order valence-corrected chi connectivity index (χ2v) is 7.11. The molecule has 0 N–H and O–H groups in total. The molecule has 0 saturated carbocycles. The van der Waals surface area contributed by atoms with E-state index in [4.69, 9.17) is 9.47 Å².